The van der Waals surface area contributed by atoms with Crippen LogP contribution in [0.4, 0.5) is 10.5 Å². The number of morpholine rings is 1. The van der Waals surface area contributed by atoms with Gasteiger partial charge < -0.3 is 15.0 Å². The highest BCUT2D eigenvalue weighted by Crippen LogP contribution is 2.30. The summed E-state index contributed by atoms with van der Waals surface area (Å²) in [4.78, 5) is 13.9. The van der Waals surface area contributed by atoms with Crippen molar-refractivity contribution in [1.82, 2.24) is 4.90 Å². The molecule has 1 aromatic rings. The Morgan fingerprint density at radius 2 is 1.79 bits per heavy atom. The molecule has 1 aromatic carbocycles. The maximum absolute atomic E-state index is 12.2. The van der Waals surface area contributed by atoms with E-state index in [2.05, 4.69) is 5.32 Å². The molecule has 0 aliphatic carbocycles. The average molecular weight is 303 g/mol. The van der Waals surface area contributed by atoms with E-state index in [4.69, 9.17) is 27.9 Å². The van der Waals surface area contributed by atoms with Gasteiger partial charge in [0.1, 0.15) is 0 Å². The minimum absolute atomic E-state index is 0.0243. The zero-order valence-corrected chi connectivity index (χ0v) is 12.3. The van der Waals surface area contributed by atoms with Crippen molar-refractivity contribution in [2.24, 2.45) is 0 Å². The SMILES string of the molecule is C[C@@H]1CN(C(=O)Nc2c(Cl)cccc2Cl)C[C@@H](C)O1. The van der Waals surface area contributed by atoms with Crippen LogP contribution in [0.3, 0.4) is 0 Å². The lowest BCUT2D eigenvalue weighted by Gasteiger charge is -2.35. The highest BCUT2D eigenvalue weighted by atomic mass is 35.5. The van der Waals surface area contributed by atoms with E-state index < -0.39 is 0 Å². The lowest BCUT2D eigenvalue weighted by Crippen LogP contribution is -2.49. The van der Waals surface area contributed by atoms with Gasteiger partial charge in [0.25, 0.3) is 0 Å². The van der Waals surface area contributed by atoms with Gasteiger partial charge in [-0.25, -0.2) is 4.79 Å². The van der Waals surface area contributed by atoms with Crippen LogP contribution in [-0.2, 0) is 4.74 Å². The summed E-state index contributed by atoms with van der Waals surface area (Å²) in [5.74, 6) is 0. The number of para-hydroxylation sites is 1. The number of rotatable bonds is 1. The van der Waals surface area contributed by atoms with Gasteiger partial charge in [0.2, 0.25) is 0 Å². The first-order valence-electron chi connectivity index (χ1n) is 6.12. The molecule has 0 spiro atoms. The maximum Gasteiger partial charge on any atom is 0.322 e. The summed E-state index contributed by atoms with van der Waals surface area (Å²) in [5.41, 5.74) is 0.447. The number of urea groups is 1. The normalized spacial score (nSPS) is 23.3. The van der Waals surface area contributed by atoms with Crippen molar-refractivity contribution >= 4 is 34.9 Å². The Hall–Kier alpha value is -0.970. The fraction of sp³-hybridized carbons (Fsp3) is 0.462. The number of anilines is 1. The molecule has 2 amide bonds. The summed E-state index contributed by atoms with van der Waals surface area (Å²) in [6.07, 6.45) is 0.0486. The fourth-order valence-electron chi connectivity index (χ4n) is 2.15. The van der Waals surface area contributed by atoms with Gasteiger partial charge in [0.15, 0.2) is 0 Å². The van der Waals surface area contributed by atoms with Crippen molar-refractivity contribution in [1.29, 1.82) is 0 Å². The molecule has 2 atom stereocenters. The summed E-state index contributed by atoms with van der Waals surface area (Å²) < 4.78 is 5.59. The molecule has 1 saturated heterocycles. The molecule has 6 heteroatoms. The summed E-state index contributed by atoms with van der Waals surface area (Å²) in [6, 6.07) is 4.90. The van der Waals surface area contributed by atoms with Crippen molar-refractivity contribution in [3.05, 3.63) is 28.2 Å². The Morgan fingerprint density at radius 3 is 2.32 bits per heavy atom. The lowest BCUT2D eigenvalue weighted by molar-refractivity contribution is -0.0530. The van der Waals surface area contributed by atoms with Crippen LogP contribution < -0.4 is 5.32 Å². The van der Waals surface area contributed by atoms with Gasteiger partial charge >= 0.3 is 6.03 Å². The number of nitrogens with zero attached hydrogens (tertiary/aromatic N) is 1. The second-order valence-corrected chi connectivity index (χ2v) is 5.50. The van der Waals surface area contributed by atoms with E-state index >= 15 is 0 Å². The van der Waals surface area contributed by atoms with Crippen LogP contribution in [0.15, 0.2) is 18.2 Å². The van der Waals surface area contributed by atoms with E-state index in [1.807, 2.05) is 13.8 Å². The van der Waals surface area contributed by atoms with E-state index in [0.717, 1.165) is 0 Å². The number of halogens is 2. The molecule has 0 bridgehead atoms. The van der Waals surface area contributed by atoms with Gasteiger partial charge in [-0.3, -0.25) is 0 Å². The molecule has 1 N–H and O–H groups in total. The zero-order chi connectivity index (χ0) is 14.0. The molecule has 0 unspecified atom stereocenters. The van der Waals surface area contributed by atoms with Crippen LogP contribution in [0.25, 0.3) is 0 Å². The third-order valence-corrected chi connectivity index (χ3v) is 3.53. The number of carbonyl (C=O) groups is 1. The minimum atomic E-state index is -0.211. The summed E-state index contributed by atoms with van der Waals surface area (Å²) in [6.45, 7) is 4.99. The van der Waals surface area contributed by atoms with Crippen LogP contribution in [0.5, 0.6) is 0 Å². The van der Waals surface area contributed by atoms with Crippen molar-refractivity contribution in [3.8, 4) is 0 Å². The number of hydrogen-bond donors (Lipinski definition) is 1. The smallest absolute Gasteiger partial charge is 0.322 e. The number of carbonyl (C=O) groups excluding carboxylic acids is 1. The zero-order valence-electron chi connectivity index (χ0n) is 10.8. The third kappa shape index (κ3) is 3.53. The van der Waals surface area contributed by atoms with Crippen molar-refractivity contribution in [3.63, 3.8) is 0 Å². The largest absolute Gasteiger partial charge is 0.372 e. The van der Waals surface area contributed by atoms with E-state index in [1.54, 1.807) is 23.1 Å². The predicted molar refractivity (Wildman–Crippen MR) is 77.1 cm³/mol. The lowest BCUT2D eigenvalue weighted by atomic mass is 10.2. The summed E-state index contributed by atoms with van der Waals surface area (Å²) in [7, 11) is 0. The minimum Gasteiger partial charge on any atom is -0.372 e. The molecular formula is C13H16Cl2N2O2. The van der Waals surface area contributed by atoms with Crippen molar-refractivity contribution < 1.29 is 9.53 Å². The number of amides is 2. The molecule has 0 radical (unpaired) electrons. The van der Waals surface area contributed by atoms with Gasteiger partial charge in [-0.1, -0.05) is 29.3 Å². The predicted octanol–water partition coefficient (Wildman–Crippen LogP) is 3.63. The fourth-order valence-corrected chi connectivity index (χ4v) is 2.64. The standard InChI is InChI=1S/C13H16Cl2N2O2/c1-8-6-17(7-9(2)19-8)13(18)16-12-10(14)4-3-5-11(12)15/h3-5,8-9H,6-7H2,1-2H3,(H,16,18)/t8-,9-/m1/s1. The first-order valence-corrected chi connectivity index (χ1v) is 6.88. The first-order chi connectivity index (χ1) is 8.97. The van der Waals surface area contributed by atoms with E-state index in [1.165, 1.54) is 0 Å². The molecule has 1 aliphatic rings. The molecule has 2 rings (SSSR count). The second kappa shape index (κ2) is 5.99. The molecule has 0 saturated carbocycles. The van der Waals surface area contributed by atoms with E-state index in [9.17, 15) is 4.79 Å². The van der Waals surface area contributed by atoms with Crippen molar-refractivity contribution in [2.45, 2.75) is 26.1 Å². The molecule has 1 aliphatic heterocycles. The number of benzene rings is 1. The molecule has 1 heterocycles. The summed E-state index contributed by atoms with van der Waals surface area (Å²) in [5, 5.41) is 3.61. The van der Waals surface area contributed by atoms with E-state index in [0.29, 0.717) is 28.8 Å². The number of ether oxygens (including phenoxy) is 1. The van der Waals surface area contributed by atoms with Gasteiger partial charge in [-0.15, -0.1) is 0 Å². The van der Waals surface area contributed by atoms with Crippen LogP contribution in [0, 0.1) is 0 Å². The molecule has 19 heavy (non-hydrogen) atoms. The Bertz CT molecular complexity index is 451. The summed E-state index contributed by atoms with van der Waals surface area (Å²) >= 11 is 12.1. The van der Waals surface area contributed by atoms with E-state index in [-0.39, 0.29) is 18.2 Å². The molecule has 4 nitrogen and oxygen atoms in total. The van der Waals surface area contributed by atoms with Gasteiger partial charge in [0, 0.05) is 13.1 Å². The molecule has 1 fully saturated rings. The number of nitrogens with one attached hydrogen (secondary N) is 1. The third-order valence-electron chi connectivity index (χ3n) is 2.90. The molecule has 104 valence electrons. The van der Waals surface area contributed by atoms with Crippen LogP contribution in [0.2, 0.25) is 10.0 Å². The Kier molecular flexibility index (Phi) is 4.55. The second-order valence-electron chi connectivity index (χ2n) is 4.69. The van der Waals surface area contributed by atoms with Crippen LogP contribution >= 0.6 is 23.2 Å². The number of hydrogen-bond acceptors (Lipinski definition) is 2. The van der Waals surface area contributed by atoms with Gasteiger partial charge in [-0.05, 0) is 26.0 Å². The quantitative estimate of drug-likeness (QED) is 0.860. The van der Waals surface area contributed by atoms with Gasteiger partial charge in [-0.2, -0.15) is 0 Å². The van der Waals surface area contributed by atoms with Crippen LogP contribution in [0.1, 0.15) is 13.8 Å². The van der Waals surface area contributed by atoms with Gasteiger partial charge in [0.05, 0.1) is 27.9 Å². The van der Waals surface area contributed by atoms with Crippen LogP contribution in [-0.4, -0.2) is 36.2 Å². The Balaban J connectivity index is 2.08. The molecular weight excluding hydrogens is 287 g/mol. The maximum atomic E-state index is 12.2. The highest BCUT2D eigenvalue weighted by molar-refractivity contribution is 6.39. The topological polar surface area (TPSA) is 41.6 Å². The Morgan fingerprint density at radius 1 is 1.26 bits per heavy atom. The average Bonchev–Trinajstić information content (AvgIpc) is 2.32. The molecule has 0 aromatic heterocycles. The first kappa shape index (κ1) is 14.4. The highest BCUT2D eigenvalue weighted by Gasteiger charge is 2.26. The Labute approximate surface area is 122 Å². The van der Waals surface area contributed by atoms with Crippen molar-refractivity contribution in [2.75, 3.05) is 18.4 Å². The monoisotopic (exact) mass is 302 g/mol.